The zero-order chi connectivity index (χ0) is 20.7. The summed E-state index contributed by atoms with van der Waals surface area (Å²) in [6, 6.07) is 8.81. The van der Waals surface area contributed by atoms with Gasteiger partial charge in [0.25, 0.3) is 0 Å². The Morgan fingerprint density at radius 3 is 2.48 bits per heavy atom. The van der Waals surface area contributed by atoms with Crippen molar-refractivity contribution in [2.45, 2.75) is 19.8 Å². The van der Waals surface area contributed by atoms with Crippen LogP contribution in [0.3, 0.4) is 0 Å². The lowest BCUT2D eigenvalue weighted by Crippen LogP contribution is -2.47. The minimum atomic E-state index is 0.650. The van der Waals surface area contributed by atoms with Gasteiger partial charge in [0.1, 0.15) is 0 Å². The number of nitrogens with one attached hydrogen (secondary N) is 2. The van der Waals surface area contributed by atoms with E-state index in [0.29, 0.717) is 13.2 Å². The van der Waals surface area contributed by atoms with Crippen LogP contribution in [0.25, 0.3) is 0 Å². The molecule has 1 saturated heterocycles. The molecule has 0 amide bonds. The van der Waals surface area contributed by atoms with Crippen molar-refractivity contribution >= 4 is 11.6 Å². The van der Waals surface area contributed by atoms with Crippen LogP contribution >= 0.6 is 0 Å². The molecule has 0 unspecified atom stereocenters. The van der Waals surface area contributed by atoms with Crippen LogP contribution in [0.15, 0.2) is 29.3 Å². The molecule has 29 heavy (non-hydrogen) atoms. The van der Waals surface area contributed by atoms with Gasteiger partial charge >= 0.3 is 0 Å². The summed E-state index contributed by atoms with van der Waals surface area (Å²) < 4.78 is 10.4. The maximum Gasteiger partial charge on any atom is 0.190 e. The average Bonchev–Trinajstić information content (AvgIpc) is 2.75. The average molecular weight is 406 g/mol. The van der Waals surface area contributed by atoms with Gasteiger partial charge in [-0.05, 0) is 44.0 Å². The van der Waals surface area contributed by atoms with Crippen LogP contribution in [-0.2, 0) is 9.47 Å². The molecule has 0 atom stereocenters. The van der Waals surface area contributed by atoms with Crippen molar-refractivity contribution in [3.8, 4) is 0 Å². The molecule has 0 aromatic heterocycles. The third kappa shape index (κ3) is 9.47. The van der Waals surface area contributed by atoms with Crippen molar-refractivity contribution in [1.82, 2.24) is 15.5 Å². The highest BCUT2D eigenvalue weighted by molar-refractivity contribution is 5.79. The summed E-state index contributed by atoms with van der Waals surface area (Å²) >= 11 is 0. The summed E-state index contributed by atoms with van der Waals surface area (Å²) in [5.41, 5.74) is 2.68. The third-order valence-corrected chi connectivity index (χ3v) is 5.10. The van der Waals surface area contributed by atoms with E-state index in [-0.39, 0.29) is 0 Å². The molecule has 7 nitrogen and oxygen atoms in total. The summed E-state index contributed by atoms with van der Waals surface area (Å²) in [6.45, 7) is 11.6. The van der Waals surface area contributed by atoms with Crippen LogP contribution in [-0.4, -0.2) is 90.7 Å². The lowest BCUT2D eigenvalue weighted by atomic mass is 10.2. The van der Waals surface area contributed by atoms with Crippen molar-refractivity contribution in [1.29, 1.82) is 0 Å². The molecule has 7 heteroatoms. The Balaban J connectivity index is 1.51. The lowest BCUT2D eigenvalue weighted by Gasteiger charge is -2.36. The second-order valence-corrected chi connectivity index (χ2v) is 7.41. The quantitative estimate of drug-likeness (QED) is 0.314. The second-order valence-electron chi connectivity index (χ2n) is 7.41. The van der Waals surface area contributed by atoms with Gasteiger partial charge in [-0.1, -0.05) is 12.1 Å². The number of piperazine rings is 1. The fraction of sp³-hybridized carbons (Fsp3) is 0.682. The third-order valence-electron chi connectivity index (χ3n) is 5.10. The molecule has 1 aliphatic rings. The fourth-order valence-corrected chi connectivity index (χ4v) is 3.41. The molecule has 1 fully saturated rings. The minimum absolute atomic E-state index is 0.650. The molecule has 0 spiro atoms. The van der Waals surface area contributed by atoms with Crippen LogP contribution in [0, 0.1) is 6.92 Å². The van der Waals surface area contributed by atoms with Gasteiger partial charge in [0.05, 0.1) is 13.2 Å². The van der Waals surface area contributed by atoms with E-state index in [4.69, 9.17) is 9.47 Å². The number of aryl methyl sites for hydroxylation is 1. The van der Waals surface area contributed by atoms with Gasteiger partial charge in [0, 0.05) is 65.7 Å². The second kappa shape index (κ2) is 14.2. The number of methoxy groups -OCH3 is 1. The topological polar surface area (TPSA) is 61.4 Å². The van der Waals surface area contributed by atoms with E-state index in [2.05, 4.69) is 56.6 Å². The maximum atomic E-state index is 5.46. The normalized spacial score (nSPS) is 15.6. The van der Waals surface area contributed by atoms with E-state index in [1.807, 2.05) is 7.05 Å². The van der Waals surface area contributed by atoms with Crippen LogP contribution in [0.2, 0.25) is 0 Å². The van der Waals surface area contributed by atoms with Crippen LogP contribution in [0.4, 0.5) is 5.69 Å². The number of benzene rings is 1. The summed E-state index contributed by atoms with van der Waals surface area (Å²) in [5.74, 6) is 0.867. The highest BCUT2D eigenvalue weighted by atomic mass is 16.5. The van der Waals surface area contributed by atoms with E-state index in [9.17, 15) is 0 Å². The Morgan fingerprint density at radius 1 is 1.03 bits per heavy atom. The Hall–Kier alpha value is -1.83. The molecule has 1 aliphatic heterocycles. The van der Waals surface area contributed by atoms with Gasteiger partial charge in [-0.15, -0.1) is 0 Å². The number of rotatable bonds is 12. The van der Waals surface area contributed by atoms with Gasteiger partial charge in [0.15, 0.2) is 5.96 Å². The van der Waals surface area contributed by atoms with Gasteiger partial charge in [-0.2, -0.15) is 0 Å². The van der Waals surface area contributed by atoms with Crippen molar-refractivity contribution in [2.75, 3.05) is 84.7 Å². The number of guanidine groups is 1. The van der Waals surface area contributed by atoms with Crippen molar-refractivity contribution in [2.24, 2.45) is 4.99 Å². The molecule has 164 valence electrons. The van der Waals surface area contributed by atoms with Crippen LogP contribution in [0.1, 0.15) is 18.4 Å². The molecule has 2 rings (SSSR count). The minimum Gasteiger partial charge on any atom is -0.382 e. The molecule has 1 heterocycles. The van der Waals surface area contributed by atoms with Gasteiger partial charge < -0.3 is 25.0 Å². The van der Waals surface area contributed by atoms with Crippen LogP contribution < -0.4 is 15.5 Å². The maximum absolute atomic E-state index is 5.46. The number of ether oxygens (including phenoxy) is 2. The first-order valence-electron chi connectivity index (χ1n) is 10.8. The summed E-state index contributed by atoms with van der Waals surface area (Å²) in [7, 11) is 3.50. The number of hydrogen-bond donors (Lipinski definition) is 2. The Kier molecular flexibility index (Phi) is 11.5. The van der Waals surface area contributed by atoms with E-state index in [1.165, 1.54) is 11.3 Å². The lowest BCUT2D eigenvalue weighted by molar-refractivity contribution is 0.0698. The largest absolute Gasteiger partial charge is 0.382 e. The van der Waals surface area contributed by atoms with Crippen molar-refractivity contribution in [3.63, 3.8) is 0 Å². The molecular weight excluding hydrogens is 366 g/mol. The molecule has 0 radical (unpaired) electrons. The molecular formula is C22H39N5O2. The molecule has 0 bridgehead atoms. The smallest absolute Gasteiger partial charge is 0.190 e. The predicted molar refractivity (Wildman–Crippen MR) is 121 cm³/mol. The van der Waals surface area contributed by atoms with Gasteiger partial charge in [-0.3, -0.25) is 9.89 Å². The SMILES string of the molecule is CN=C(NCCCOCCOC)NCCCN1CCN(c2cccc(C)c2)CC1. The molecule has 1 aromatic rings. The van der Waals surface area contributed by atoms with E-state index < -0.39 is 0 Å². The monoisotopic (exact) mass is 405 g/mol. The number of aliphatic imine (C=N–C) groups is 1. The summed E-state index contributed by atoms with van der Waals surface area (Å²) in [5, 5.41) is 6.74. The van der Waals surface area contributed by atoms with Crippen LogP contribution in [0.5, 0.6) is 0 Å². The standard InChI is InChI=1S/C22H39N5O2/c1-20-7-4-8-21(19-20)27-14-12-26(13-15-27)11-5-9-24-22(23-2)25-10-6-16-29-18-17-28-3/h4,7-8,19H,5-6,9-18H2,1-3H3,(H2,23,24,25). The van der Waals surface area contributed by atoms with E-state index in [0.717, 1.165) is 71.2 Å². The number of hydrogen-bond acceptors (Lipinski definition) is 5. The summed E-state index contributed by atoms with van der Waals surface area (Å²) in [6.07, 6.45) is 2.07. The Bertz CT molecular complexity index is 588. The molecule has 0 saturated carbocycles. The van der Waals surface area contributed by atoms with Gasteiger partial charge in [0.2, 0.25) is 0 Å². The Labute approximate surface area is 176 Å². The zero-order valence-corrected chi connectivity index (χ0v) is 18.5. The first kappa shape index (κ1) is 23.4. The zero-order valence-electron chi connectivity index (χ0n) is 18.5. The first-order valence-corrected chi connectivity index (χ1v) is 10.8. The van der Waals surface area contributed by atoms with E-state index >= 15 is 0 Å². The number of anilines is 1. The number of nitrogens with zero attached hydrogens (tertiary/aromatic N) is 3. The highest BCUT2D eigenvalue weighted by Crippen LogP contribution is 2.17. The van der Waals surface area contributed by atoms with Crippen molar-refractivity contribution in [3.05, 3.63) is 29.8 Å². The van der Waals surface area contributed by atoms with E-state index in [1.54, 1.807) is 7.11 Å². The van der Waals surface area contributed by atoms with Crippen molar-refractivity contribution < 1.29 is 9.47 Å². The van der Waals surface area contributed by atoms with Gasteiger partial charge in [-0.25, -0.2) is 0 Å². The predicted octanol–water partition coefficient (Wildman–Crippen LogP) is 1.73. The Morgan fingerprint density at radius 2 is 1.79 bits per heavy atom. The molecule has 0 aliphatic carbocycles. The highest BCUT2D eigenvalue weighted by Gasteiger charge is 2.16. The molecule has 1 aromatic carbocycles. The first-order chi connectivity index (χ1) is 14.2. The summed E-state index contributed by atoms with van der Waals surface area (Å²) in [4.78, 5) is 9.33. The fourth-order valence-electron chi connectivity index (χ4n) is 3.41. The molecule has 2 N–H and O–H groups in total.